The van der Waals surface area contributed by atoms with E-state index < -0.39 is 17.6 Å². The number of carbonyl (C=O) groups is 2. The Balaban J connectivity index is 1.83. The monoisotopic (exact) mass is 432 g/mol. The van der Waals surface area contributed by atoms with Gasteiger partial charge in [0.1, 0.15) is 11.5 Å². The highest BCUT2D eigenvalue weighted by molar-refractivity contribution is 6.47. The molecule has 2 amide bonds. The van der Waals surface area contributed by atoms with Gasteiger partial charge in [-0.15, -0.1) is 0 Å². The predicted octanol–water partition coefficient (Wildman–Crippen LogP) is 5.15. The third-order valence-corrected chi connectivity index (χ3v) is 6.00. The Morgan fingerprint density at radius 1 is 0.966 bits per heavy atom. The Labute approximate surface area is 178 Å². The quantitative estimate of drug-likeness (QED) is 0.629. The van der Waals surface area contributed by atoms with Crippen LogP contribution < -0.4 is 4.90 Å². The molecule has 2 aromatic carbocycles. The van der Waals surface area contributed by atoms with Crippen molar-refractivity contribution in [2.45, 2.75) is 19.8 Å². The van der Waals surface area contributed by atoms with Gasteiger partial charge in [-0.2, -0.15) is 0 Å². The summed E-state index contributed by atoms with van der Waals surface area (Å²) in [7, 11) is 0. The molecule has 4 nitrogen and oxygen atoms in total. The number of amides is 2. The number of benzene rings is 2. The largest absolute Gasteiger partial charge is 0.366 e. The van der Waals surface area contributed by atoms with E-state index in [0.29, 0.717) is 35.3 Å². The molecule has 2 aromatic rings. The third kappa shape index (κ3) is 3.65. The van der Waals surface area contributed by atoms with Gasteiger partial charge in [0, 0.05) is 18.1 Å². The van der Waals surface area contributed by atoms with Crippen molar-refractivity contribution in [2.75, 3.05) is 18.0 Å². The molecule has 0 radical (unpaired) electrons. The minimum atomic E-state index is -0.487. The fraction of sp³-hybridized carbons (Fsp3) is 0.273. The maximum absolute atomic E-state index is 13.5. The van der Waals surface area contributed by atoms with Gasteiger partial charge >= 0.3 is 0 Å². The van der Waals surface area contributed by atoms with E-state index in [-0.39, 0.29) is 16.3 Å². The molecule has 0 aromatic heterocycles. The van der Waals surface area contributed by atoms with Crippen molar-refractivity contribution in [2.24, 2.45) is 5.92 Å². The van der Waals surface area contributed by atoms with Crippen LogP contribution in [0, 0.1) is 11.7 Å². The van der Waals surface area contributed by atoms with Gasteiger partial charge in [-0.3, -0.25) is 9.59 Å². The van der Waals surface area contributed by atoms with Crippen molar-refractivity contribution in [1.82, 2.24) is 4.90 Å². The average molecular weight is 433 g/mol. The number of imide groups is 1. The minimum absolute atomic E-state index is 0.245. The molecule has 2 aliphatic rings. The van der Waals surface area contributed by atoms with Crippen LogP contribution in [0.4, 0.5) is 10.1 Å². The first-order valence-electron chi connectivity index (χ1n) is 9.46. The fourth-order valence-corrected chi connectivity index (χ4v) is 4.16. The summed E-state index contributed by atoms with van der Waals surface area (Å²) < 4.78 is 13.5. The second-order valence-electron chi connectivity index (χ2n) is 7.44. The first-order valence-corrected chi connectivity index (χ1v) is 10.2. The standard InChI is InChI=1S/C22H19Cl2FN2O2/c1-13-8-10-26(11-9-13)20-19(14-2-5-16(25)6-3-14)21(28)27(22(20)29)18-12-15(23)4-7-17(18)24/h2-7,12-13H,8-11H2,1H3. The van der Waals surface area contributed by atoms with Gasteiger partial charge in [0.15, 0.2) is 0 Å². The summed E-state index contributed by atoms with van der Waals surface area (Å²) >= 11 is 12.4. The van der Waals surface area contributed by atoms with Crippen LogP contribution in [-0.2, 0) is 9.59 Å². The van der Waals surface area contributed by atoms with Crippen LogP contribution in [0.2, 0.25) is 10.0 Å². The van der Waals surface area contributed by atoms with Crippen LogP contribution in [0.15, 0.2) is 48.2 Å². The van der Waals surface area contributed by atoms with Crippen molar-refractivity contribution in [3.05, 3.63) is 69.6 Å². The van der Waals surface area contributed by atoms with Crippen molar-refractivity contribution in [3.8, 4) is 0 Å². The molecule has 1 fully saturated rings. The molecule has 0 spiro atoms. The summed E-state index contributed by atoms with van der Waals surface area (Å²) in [5, 5.41) is 0.622. The fourth-order valence-electron chi connectivity index (χ4n) is 3.80. The number of nitrogens with zero attached hydrogens (tertiary/aromatic N) is 2. The molecule has 150 valence electrons. The van der Waals surface area contributed by atoms with E-state index in [1.54, 1.807) is 12.1 Å². The Morgan fingerprint density at radius 2 is 1.62 bits per heavy atom. The molecule has 0 bridgehead atoms. The predicted molar refractivity (Wildman–Crippen MR) is 112 cm³/mol. The zero-order valence-corrected chi connectivity index (χ0v) is 17.3. The summed E-state index contributed by atoms with van der Waals surface area (Å²) in [6.07, 6.45) is 1.86. The molecule has 29 heavy (non-hydrogen) atoms. The number of carbonyl (C=O) groups excluding carboxylic acids is 2. The first-order chi connectivity index (χ1) is 13.9. The highest BCUT2D eigenvalue weighted by Gasteiger charge is 2.43. The first kappa shape index (κ1) is 19.9. The van der Waals surface area contributed by atoms with E-state index in [0.717, 1.165) is 17.7 Å². The molecule has 2 heterocycles. The molecule has 0 N–H and O–H groups in total. The van der Waals surface area contributed by atoms with E-state index in [2.05, 4.69) is 6.92 Å². The molecular weight excluding hydrogens is 414 g/mol. The van der Waals surface area contributed by atoms with Gasteiger partial charge in [-0.25, -0.2) is 9.29 Å². The molecule has 0 aliphatic carbocycles. The second-order valence-corrected chi connectivity index (χ2v) is 8.29. The number of hydrogen-bond donors (Lipinski definition) is 0. The van der Waals surface area contributed by atoms with E-state index >= 15 is 0 Å². The van der Waals surface area contributed by atoms with Crippen LogP contribution >= 0.6 is 23.2 Å². The highest BCUT2D eigenvalue weighted by Crippen LogP contribution is 2.39. The summed E-state index contributed by atoms with van der Waals surface area (Å²) in [4.78, 5) is 29.9. The molecule has 7 heteroatoms. The van der Waals surface area contributed by atoms with Gasteiger partial charge in [-0.1, -0.05) is 42.3 Å². The molecule has 1 saturated heterocycles. The zero-order chi connectivity index (χ0) is 20.7. The maximum Gasteiger partial charge on any atom is 0.282 e. The molecule has 4 rings (SSSR count). The number of rotatable bonds is 3. The van der Waals surface area contributed by atoms with Crippen molar-refractivity contribution < 1.29 is 14.0 Å². The van der Waals surface area contributed by atoms with Gasteiger partial charge in [-0.05, 0) is 54.7 Å². The van der Waals surface area contributed by atoms with Crippen LogP contribution in [0.3, 0.4) is 0 Å². The van der Waals surface area contributed by atoms with E-state index in [1.165, 1.54) is 30.3 Å². The summed E-state index contributed by atoms with van der Waals surface area (Å²) in [5.74, 6) is -0.770. The Morgan fingerprint density at radius 3 is 2.28 bits per heavy atom. The summed E-state index contributed by atoms with van der Waals surface area (Å²) in [6.45, 7) is 3.53. The molecule has 0 unspecified atom stereocenters. The lowest BCUT2D eigenvalue weighted by Crippen LogP contribution is -2.38. The Bertz CT molecular complexity index is 1010. The van der Waals surface area contributed by atoms with Gasteiger partial charge in [0.2, 0.25) is 0 Å². The van der Waals surface area contributed by atoms with Gasteiger partial charge in [0.05, 0.1) is 16.3 Å². The van der Waals surface area contributed by atoms with Crippen LogP contribution in [-0.4, -0.2) is 29.8 Å². The minimum Gasteiger partial charge on any atom is -0.366 e. The lowest BCUT2D eigenvalue weighted by Gasteiger charge is -2.32. The second kappa shape index (κ2) is 7.81. The molecule has 0 atom stereocenters. The van der Waals surface area contributed by atoms with Crippen molar-refractivity contribution in [1.29, 1.82) is 0 Å². The molecular formula is C22H19Cl2FN2O2. The lowest BCUT2D eigenvalue weighted by atomic mass is 9.97. The summed E-state index contributed by atoms with van der Waals surface area (Å²) in [5.41, 5.74) is 1.35. The van der Waals surface area contributed by atoms with E-state index in [1.807, 2.05) is 4.90 Å². The normalized spacial score (nSPS) is 18.2. The van der Waals surface area contributed by atoms with Crippen molar-refractivity contribution >= 4 is 46.3 Å². The lowest BCUT2D eigenvalue weighted by molar-refractivity contribution is -0.120. The van der Waals surface area contributed by atoms with Crippen LogP contribution in [0.25, 0.3) is 5.57 Å². The topological polar surface area (TPSA) is 40.6 Å². The SMILES string of the molecule is CC1CCN(C2=C(c3ccc(F)cc3)C(=O)N(c3cc(Cl)ccc3Cl)C2=O)CC1. The van der Waals surface area contributed by atoms with Crippen LogP contribution in [0.5, 0.6) is 0 Å². The third-order valence-electron chi connectivity index (χ3n) is 5.44. The number of piperidine rings is 1. The zero-order valence-electron chi connectivity index (χ0n) is 15.8. The number of hydrogen-bond acceptors (Lipinski definition) is 3. The number of anilines is 1. The van der Waals surface area contributed by atoms with E-state index in [9.17, 15) is 14.0 Å². The maximum atomic E-state index is 13.5. The molecule has 2 aliphatic heterocycles. The Hall–Kier alpha value is -2.37. The molecule has 0 saturated carbocycles. The van der Waals surface area contributed by atoms with Gasteiger partial charge < -0.3 is 4.90 Å². The Kier molecular flexibility index (Phi) is 5.36. The highest BCUT2D eigenvalue weighted by atomic mass is 35.5. The van der Waals surface area contributed by atoms with Crippen molar-refractivity contribution in [3.63, 3.8) is 0 Å². The average Bonchev–Trinajstić information content (AvgIpc) is 2.95. The number of halogens is 3. The summed E-state index contributed by atoms with van der Waals surface area (Å²) in [6, 6.07) is 10.3. The number of likely N-dealkylation sites (tertiary alicyclic amines) is 1. The van der Waals surface area contributed by atoms with Gasteiger partial charge in [0.25, 0.3) is 11.8 Å². The smallest absolute Gasteiger partial charge is 0.282 e. The van der Waals surface area contributed by atoms with E-state index in [4.69, 9.17) is 23.2 Å². The van der Waals surface area contributed by atoms with Crippen LogP contribution in [0.1, 0.15) is 25.3 Å².